The molecule has 5 nitrogen and oxygen atoms in total. The van der Waals surface area contributed by atoms with Crippen LogP contribution in [-0.4, -0.2) is 32.8 Å². The lowest BCUT2D eigenvalue weighted by Gasteiger charge is -2.02. The van der Waals surface area contributed by atoms with Crippen molar-refractivity contribution in [2.24, 2.45) is 4.99 Å². The molecule has 0 fully saturated rings. The third kappa shape index (κ3) is 2.24. The van der Waals surface area contributed by atoms with Gasteiger partial charge in [-0.3, -0.25) is 9.56 Å². The van der Waals surface area contributed by atoms with E-state index < -0.39 is 0 Å². The Kier molecular flexibility index (Phi) is 3.30. The van der Waals surface area contributed by atoms with Crippen molar-refractivity contribution in [3.05, 3.63) is 36.0 Å². The van der Waals surface area contributed by atoms with Gasteiger partial charge in [0, 0.05) is 19.4 Å². The number of aromatic nitrogens is 4. The SMILES string of the molecule is C=Cn1c(-c2nccc(Cl)n2)cnc1/C=N\C. The first-order valence-electron chi connectivity index (χ1n) is 4.87. The van der Waals surface area contributed by atoms with Crippen LogP contribution in [0.4, 0.5) is 0 Å². The Morgan fingerprint density at radius 3 is 2.94 bits per heavy atom. The van der Waals surface area contributed by atoms with E-state index in [1.54, 1.807) is 42.5 Å². The van der Waals surface area contributed by atoms with E-state index in [0.29, 0.717) is 16.8 Å². The monoisotopic (exact) mass is 247 g/mol. The summed E-state index contributed by atoms with van der Waals surface area (Å²) in [5.41, 5.74) is 0.720. The Morgan fingerprint density at radius 2 is 2.29 bits per heavy atom. The summed E-state index contributed by atoms with van der Waals surface area (Å²) in [5.74, 6) is 1.17. The summed E-state index contributed by atoms with van der Waals surface area (Å²) in [5, 5.41) is 0.387. The maximum absolute atomic E-state index is 5.83. The fourth-order valence-corrected chi connectivity index (χ4v) is 1.54. The van der Waals surface area contributed by atoms with E-state index in [1.807, 2.05) is 0 Å². The summed E-state index contributed by atoms with van der Waals surface area (Å²) in [7, 11) is 1.68. The average Bonchev–Trinajstić information content (AvgIpc) is 2.72. The molecule has 0 aliphatic rings. The summed E-state index contributed by atoms with van der Waals surface area (Å²) in [4.78, 5) is 16.4. The zero-order valence-electron chi connectivity index (χ0n) is 9.21. The molecule has 0 aliphatic heterocycles. The number of aliphatic imine (C=N–C) groups is 1. The molecule has 0 aliphatic carbocycles. The molecule has 2 heterocycles. The van der Waals surface area contributed by atoms with Gasteiger partial charge in [0.1, 0.15) is 10.8 Å². The number of nitrogens with zero attached hydrogens (tertiary/aromatic N) is 5. The van der Waals surface area contributed by atoms with Gasteiger partial charge in [0.2, 0.25) is 0 Å². The summed E-state index contributed by atoms with van der Waals surface area (Å²) in [6.45, 7) is 3.73. The standard InChI is InChI=1S/C11H10ClN5/c1-3-17-8(6-15-10(17)7-13-2)11-14-5-4-9(12)16-11/h3-7H,1H2,2H3/b13-7-. The first kappa shape index (κ1) is 11.5. The van der Waals surface area contributed by atoms with Crippen LogP contribution in [0.5, 0.6) is 0 Å². The number of rotatable bonds is 3. The minimum atomic E-state index is 0.387. The third-order valence-corrected chi connectivity index (χ3v) is 2.31. The Morgan fingerprint density at radius 1 is 1.47 bits per heavy atom. The van der Waals surface area contributed by atoms with Gasteiger partial charge in [-0.25, -0.2) is 15.0 Å². The second-order valence-corrected chi connectivity index (χ2v) is 3.53. The van der Waals surface area contributed by atoms with Crippen LogP contribution in [0.2, 0.25) is 5.15 Å². The van der Waals surface area contributed by atoms with E-state index >= 15 is 0 Å². The highest BCUT2D eigenvalue weighted by Crippen LogP contribution is 2.17. The lowest BCUT2D eigenvalue weighted by atomic mass is 10.4. The largest absolute Gasteiger partial charge is 0.296 e. The Bertz CT molecular complexity index is 573. The Balaban J connectivity index is 2.56. The van der Waals surface area contributed by atoms with E-state index in [0.717, 1.165) is 5.69 Å². The van der Waals surface area contributed by atoms with Gasteiger partial charge < -0.3 is 0 Å². The van der Waals surface area contributed by atoms with Gasteiger partial charge in [0.25, 0.3) is 0 Å². The summed E-state index contributed by atoms with van der Waals surface area (Å²) >= 11 is 5.83. The molecule has 0 radical (unpaired) electrons. The molecule has 0 aromatic carbocycles. The first-order chi connectivity index (χ1) is 8.26. The second kappa shape index (κ2) is 4.88. The van der Waals surface area contributed by atoms with Gasteiger partial charge in [-0.1, -0.05) is 18.2 Å². The molecule has 0 bridgehead atoms. The van der Waals surface area contributed by atoms with Crippen molar-refractivity contribution in [3.8, 4) is 11.5 Å². The zero-order chi connectivity index (χ0) is 12.3. The zero-order valence-corrected chi connectivity index (χ0v) is 9.96. The molecule has 2 aromatic heterocycles. The number of hydrogen-bond acceptors (Lipinski definition) is 4. The van der Waals surface area contributed by atoms with Gasteiger partial charge in [0.05, 0.1) is 12.4 Å². The quantitative estimate of drug-likeness (QED) is 0.617. The van der Waals surface area contributed by atoms with Crippen LogP contribution in [0.3, 0.4) is 0 Å². The smallest absolute Gasteiger partial charge is 0.179 e. The van der Waals surface area contributed by atoms with Gasteiger partial charge in [0.15, 0.2) is 11.6 Å². The van der Waals surface area contributed by atoms with Crippen molar-refractivity contribution in [2.45, 2.75) is 0 Å². The van der Waals surface area contributed by atoms with Gasteiger partial charge >= 0.3 is 0 Å². The van der Waals surface area contributed by atoms with Crippen molar-refractivity contribution in [2.75, 3.05) is 7.05 Å². The topological polar surface area (TPSA) is 56.0 Å². The molecule has 0 saturated carbocycles. The second-order valence-electron chi connectivity index (χ2n) is 3.14. The van der Waals surface area contributed by atoms with E-state index in [2.05, 4.69) is 26.5 Å². The molecule has 86 valence electrons. The molecule has 0 amide bonds. The van der Waals surface area contributed by atoms with Gasteiger partial charge in [-0.2, -0.15) is 0 Å². The van der Waals surface area contributed by atoms with E-state index in [9.17, 15) is 0 Å². The third-order valence-electron chi connectivity index (χ3n) is 2.10. The van der Waals surface area contributed by atoms with Crippen molar-refractivity contribution >= 4 is 24.0 Å². The van der Waals surface area contributed by atoms with Crippen LogP contribution in [0.1, 0.15) is 5.82 Å². The van der Waals surface area contributed by atoms with Crippen LogP contribution in [-0.2, 0) is 0 Å². The van der Waals surface area contributed by atoms with E-state index in [4.69, 9.17) is 11.6 Å². The summed E-state index contributed by atoms with van der Waals surface area (Å²) < 4.78 is 1.75. The number of hydrogen-bond donors (Lipinski definition) is 0. The fraction of sp³-hybridized carbons (Fsp3) is 0.0909. The van der Waals surface area contributed by atoms with Crippen molar-refractivity contribution in [3.63, 3.8) is 0 Å². The molecular weight excluding hydrogens is 238 g/mol. The minimum Gasteiger partial charge on any atom is -0.296 e. The van der Waals surface area contributed by atoms with E-state index in [-0.39, 0.29) is 0 Å². The predicted octanol–water partition coefficient (Wildman–Crippen LogP) is 2.14. The van der Waals surface area contributed by atoms with Crippen LogP contribution in [0.25, 0.3) is 17.7 Å². The lowest BCUT2D eigenvalue weighted by molar-refractivity contribution is 1.08. The molecule has 0 saturated heterocycles. The molecule has 0 spiro atoms. The van der Waals surface area contributed by atoms with Crippen LogP contribution < -0.4 is 0 Å². The Hall–Kier alpha value is -2.01. The molecule has 2 aromatic rings. The maximum Gasteiger partial charge on any atom is 0.179 e. The molecule has 0 atom stereocenters. The minimum absolute atomic E-state index is 0.387. The molecular formula is C11H10ClN5. The highest BCUT2D eigenvalue weighted by Gasteiger charge is 2.10. The molecule has 0 N–H and O–H groups in total. The maximum atomic E-state index is 5.83. The highest BCUT2D eigenvalue weighted by molar-refractivity contribution is 6.29. The summed E-state index contributed by atoms with van der Waals surface area (Å²) in [6.07, 6.45) is 6.52. The van der Waals surface area contributed by atoms with Crippen LogP contribution in [0, 0.1) is 0 Å². The normalized spacial score (nSPS) is 10.9. The van der Waals surface area contributed by atoms with Crippen molar-refractivity contribution < 1.29 is 0 Å². The van der Waals surface area contributed by atoms with E-state index in [1.165, 1.54) is 0 Å². The Labute approximate surface area is 104 Å². The number of halogens is 1. The molecule has 6 heteroatoms. The lowest BCUT2D eigenvalue weighted by Crippen LogP contribution is -1.99. The van der Waals surface area contributed by atoms with Gasteiger partial charge in [-0.15, -0.1) is 0 Å². The molecule has 2 rings (SSSR count). The van der Waals surface area contributed by atoms with Gasteiger partial charge in [-0.05, 0) is 6.07 Å². The molecule has 0 unspecified atom stereocenters. The predicted molar refractivity (Wildman–Crippen MR) is 68.2 cm³/mol. The summed E-state index contributed by atoms with van der Waals surface area (Å²) in [6, 6.07) is 1.62. The number of imidazole rings is 1. The first-order valence-corrected chi connectivity index (χ1v) is 5.25. The van der Waals surface area contributed by atoms with Crippen LogP contribution >= 0.6 is 11.6 Å². The average molecular weight is 248 g/mol. The highest BCUT2D eigenvalue weighted by atomic mass is 35.5. The van der Waals surface area contributed by atoms with Crippen molar-refractivity contribution in [1.29, 1.82) is 0 Å². The fourth-order valence-electron chi connectivity index (χ4n) is 1.40. The molecule has 17 heavy (non-hydrogen) atoms. The van der Waals surface area contributed by atoms with Crippen molar-refractivity contribution in [1.82, 2.24) is 19.5 Å². The van der Waals surface area contributed by atoms with Crippen LogP contribution in [0.15, 0.2) is 30.0 Å².